The van der Waals surface area contributed by atoms with Crippen molar-refractivity contribution < 1.29 is 0 Å². The molecule has 0 spiro atoms. The van der Waals surface area contributed by atoms with Gasteiger partial charge in [-0.1, -0.05) is 44.6 Å². The van der Waals surface area contributed by atoms with E-state index in [1.54, 1.807) is 0 Å². The Morgan fingerprint density at radius 1 is 1.50 bits per heavy atom. The Balaban J connectivity index is 0.000000561. The third kappa shape index (κ3) is 3.72. The Kier molecular flexibility index (Phi) is 6.78. The van der Waals surface area contributed by atoms with E-state index in [2.05, 4.69) is 25.2 Å². The molecule has 0 aliphatic heterocycles. The van der Waals surface area contributed by atoms with Gasteiger partial charge in [-0.15, -0.1) is 0 Å². The van der Waals surface area contributed by atoms with Gasteiger partial charge in [0.2, 0.25) is 0 Å². The predicted molar refractivity (Wildman–Crippen MR) is 56.1 cm³/mol. The number of hydrogen-bond acceptors (Lipinski definition) is 1. The fourth-order valence-corrected chi connectivity index (χ4v) is 1.19. The van der Waals surface area contributed by atoms with E-state index in [9.17, 15) is 0 Å². The summed E-state index contributed by atoms with van der Waals surface area (Å²) in [5.74, 6) is 0. The molecule has 0 saturated heterocycles. The molecule has 1 nitrogen and oxygen atoms in total. The first-order chi connectivity index (χ1) is 5.84. The monoisotopic (exact) mass is 167 g/mol. The summed E-state index contributed by atoms with van der Waals surface area (Å²) in [5, 5.41) is 0. The Hall–Kier alpha value is -0.560. The van der Waals surface area contributed by atoms with Crippen molar-refractivity contribution >= 4 is 0 Å². The quantitative estimate of drug-likeness (QED) is 0.672. The molecule has 0 aromatic rings. The molecule has 2 N–H and O–H groups in total. The molecule has 12 heavy (non-hydrogen) atoms. The highest BCUT2D eigenvalue weighted by Gasteiger charge is 2.06. The van der Waals surface area contributed by atoms with Crippen LogP contribution in [0.4, 0.5) is 0 Å². The van der Waals surface area contributed by atoms with Crippen molar-refractivity contribution in [3.8, 4) is 0 Å². The third-order valence-electron chi connectivity index (χ3n) is 1.96. The summed E-state index contributed by atoms with van der Waals surface area (Å²) >= 11 is 0. The third-order valence-corrected chi connectivity index (χ3v) is 1.96. The Morgan fingerprint density at radius 2 is 2.17 bits per heavy atom. The van der Waals surface area contributed by atoms with Gasteiger partial charge in [-0.3, -0.25) is 0 Å². The van der Waals surface area contributed by atoms with Crippen LogP contribution >= 0.6 is 0 Å². The highest BCUT2D eigenvalue weighted by atomic mass is 14.6. The van der Waals surface area contributed by atoms with Gasteiger partial charge in [0.05, 0.1) is 0 Å². The van der Waals surface area contributed by atoms with Gasteiger partial charge >= 0.3 is 0 Å². The summed E-state index contributed by atoms with van der Waals surface area (Å²) in [6, 6.07) is 0.296. The second-order valence-corrected chi connectivity index (χ2v) is 2.72. The molecular weight excluding hydrogens is 146 g/mol. The summed E-state index contributed by atoms with van der Waals surface area (Å²) < 4.78 is 0. The molecule has 0 radical (unpaired) electrons. The summed E-state index contributed by atoms with van der Waals surface area (Å²) in [6.45, 7) is 6.13. The minimum atomic E-state index is 0.296. The van der Waals surface area contributed by atoms with Crippen molar-refractivity contribution in [3.63, 3.8) is 0 Å². The summed E-state index contributed by atoms with van der Waals surface area (Å²) in [6.07, 6.45) is 9.82. The van der Waals surface area contributed by atoms with Crippen LogP contribution in [0.15, 0.2) is 23.8 Å². The molecule has 1 rings (SSSR count). The lowest BCUT2D eigenvalue weighted by Gasteiger charge is -2.14. The van der Waals surface area contributed by atoms with Crippen LogP contribution in [0.2, 0.25) is 0 Å². The lowest BCUT2D eigenvalue weighted by molar-refractivity contribution is 0.697. The molecule has 1 heteroatoms. The van der Waals surface area contributed by atoms with Gasteiger partial charge in [-0.2, -0.15) is 0 Å². The van der Waals surface area contributed by atoms with Crippen LogP contribution in [0.3, 0.4) is 0 Å². The lowest BCUT2D eigenvalue weighted by atomic mass is 9.97. The predicted octanol–water partition coefficient (Wildman–Crippen LogP) is 3.03. The molecule has 1 aliphatic carbocycles. The van der Waals surface area contributed by atoms with E-state index in [-0.39, 0.29) is 0 Å². The molecule has 0 fully saturated rings. The number of hydrogen-bond donors (Lipinski definition) is 1. The first-order valence-corrected chi connectivity index (χ1v) is 4.95. The van der Waals surface area contributed by atoms with Crippen LogP contribution in [0.25, 0.3) is 0 Å². The van der Waals surface area contributed by atoms with Crippen LogP contribution in [0, 0.1) is 0 Å². The van der Waals surface area contributed by atoms with E-state index >= 15 is 0 Å². The van der Waals surface area contributed by atoms with Gasteiger partial charge in [0.25, 0.3) is 0 Å². The fourth-order valence-electron chi connectivity index (χ4n) is 1.19. The van der Waals surface area contributed by atoms with E-state index in [0.717, 1.165) is 12.8 Å². The van der Waals surface area contributed by atoms with E-state index < -0.39 is 0 Å². The van der Waals surface area contributed by atoms with E-state index in [0.29, 0.717) is 6.04 Å². The average Bonchev–Trinajstić information content (AvgIpc) is 2.21. The summed E-state index contributed by atoms with van der Waals surface area (Å²) in [5.41, 5.74) is 7.25. The van der Waals surface area contributed by atoms with Crippen LogP contribution < -0.4 is 5.73 Å². The zero-order valence-electron chi connectivity index (χ0n) is 8.51. The van der Waals surface area contributed by atoms with Crippen LogP contribution in [0.5, 0.6) is 0 Å². The highest BCUT2D eigenvalue weighted by Crippen LogP contribution is 2.15. The maximum atomic E-state index is 5.85. The number of allylic oxidation sites excluding steroid dienone is 3. The first kappa shape index (κ1) is 11.4. The minimum absolute atomic E-state index is 0.296. The largest absolute Gasteiger partial charge is 0.324 e. The average molecular weight is 167 g/mol. The molecule has 1 atom stereocenters. The SMILES string of the molecule is CC.CCC(N)C1=CC=CCC1. The smallest absolute Gasteiger partial charge is 0.0254 e. The maximum absolute atomic E-state index is 5.85. The topological polar surface area (TPSA) is 26.0 Å². The Morgan fingerprint density at radius 3 is 2.58 bits per heavy atom. The molecule has 1 unspecified atom stereocenters. The van der Waals surface area contributed by atoms with Crippen LogP contribution in [-0.4, -0.2) is 6.04 Å². The van der Waals surface area contributed by atoms with Crippen LogP contribution in [-0.2, 0) is 0 Å². The Labute approximate surface area is 76.3 Å². The molecule has 0 aromatic heterocycles. The Bertz CT molecular complexity index is 156. The first-order valence-electron chi connectivity index (χ1n) is 4.95. The number of nitrogens with two attached hydrogens (primary N) is 1. The molecular formula is C11H21N. The summed E-state index contributed by atoms with van der Waals surface area (Å²) in [7, 11) is 0. The fraction of sp³-hybridized carbons (Fsp3) is 0.636. The van der Waals surface area contributed by atoms with Gasteiger partial charge in [0, 0.05) is 6.04 Å². The van der Waals surface area contributed by atoms with E-state index in [4.69, 9.17) is 5.73 Å². The second kappa shape index (κ2) is 7.11. The van der Waals surface area contributed by atoms with E-state index in [1.165, 1.54) is 12.0 Å². The van der Waals surface area contributed by atoms with Gasteiger partial charge in [-0.25, -0.2) is 0 Å². The second-order valence-electron chi connectivity index (χ2n) is 2.72. The standard InChI is InChI=1S/C9H15N.C2H6/c1-2-9(10)8-6-4-3-5-7-8;1-2/h3-4,6,9H,2,5,7,10H2,1H3;1-2H3. The molecule has 0 saturated carbocycles. The highest BCUT2D eigenvalue weighted by molar-refractivity contribution is 5.21. The van der Waals surface area contributed by atoms with Crippen molar-refractivity contribution in [2.24, 2.45) is 5.73 Å². The van der Waals surface area contributed by atoms with Crippen molar-refractivity contribution in [1.82, 2.24) is 0 Å². The van der Waals surface area contributed by atoms with Gasteiger partial charge in [0.1, 0.15) is 0 Å². The molecule has 0 amide bonds. The zero-order chi connectivity index (χ0) is 9.40. The molecule has 70 valence electrons. The van der Waals surface area contributed by atoms with Gasteiger partial charge in [-0.05, 0) is 19.3 Å². The van der Waals surface area contributed by atoms with Crippen molar-refractivity contribution in [2.75, 3.05) is 0 Å². The number of rotatable bonds is 2. The molecule has 0 heterocycles. The summed E-state index contributed by atoms with van der Waals surface area (Å²) in [4.78, 5) is 0. The molecule has 0 aromatic carbocycles. The minimum Gasteiger partial charge on any atom is -0.324 e. The van der Waals surface area contributed by atoms with Crippen molar-refractivity contribution in [2.45, 2.75) is 46.1 Å². The van der Waals surface area contributed by atoms with Gasteiger partial charge in [0.15, 0.2) is 0 Å². The maximum Gasteiger partial charge on any atom is 0.0254 e. The normalized spacial score (nSPS) is 17.5. The van der Waals surface area contributed by atoms with Crippen LogP contribution in [0.1, 0.15) is 40.0 Å². The van der Waals surface area contributed by atoms with Crippen molar-refractivity contribution in [1.29, 1.82) is 0 Å². The molecule has 1 aliphatic rings. The molecule has 0 bridgehead atoms. The zero-order valence-corrected chi connectivity index (χ0v) is 8.51. The van der Waals surface area contributed by atoms with E-state index in [1.807, 2.05) is 13.8 Å². The van der Waals surface area contributed by atoms with Gasteiger partial charge < -0.3 is 5.73 Å². The lowest BCUT2D eigenvalue weighted by Crippen LogP contribution is -2.21. The van der Waals surface area contributed by atoms with Crippen molar-refractivity contribution in [3.05, 3.63) is 23.8 Å².